The maximum absolute atomic E-state index is 12.4. The lowest BCUT2D eigenvalue weighted by molar-refractivity contribution is -0.129. The number of ether oxygens (including phenoxy) is 1. The predicted molar refractivity (Wildman–Crippen MR) is 111 cm³/mol. The van der Waals surface area contributed by atoms with Crippen molar-refractivity contribution in [3.8, 4) is 0 Å². The molecule has 3 nitrogen and oxygen atoms in total. The van der Waals surface area contributed by atoms with Crippen LogP contribution in [0.3, 0.4) is 0 Å². The van der Waals surface area contributed by atoms with Crippen molar-refractivity contribution in [1.82, 2.24) is 5.32 Å². The summed E-state index contributed by atoms with van der Waals surface area (Å²) < 4.78 is 5.51. The number of amides is 1. The highest BCUT2D eigenvalue weighted by Gasteiger charge is 2.30. The lowest BCUT2D eigenvalue weighted by atomic mass is 9.86. The standard InChI is InChI=1S/C23H43NO2/c1-4-5-6-7-8-9-10-11-12-13-14-15-18-24-23(25)21-17-16-20(2)19-22(21)26-3/h16,21-22H,4-15,17-19H2,1-3H3,(H,24,25)/t21-,22?/m1/s1. The summed E-state index contributed by atoms with van der Waals surface area (Å²) in [5.41, 5.74) is 1.34. The number of unbranched alkanes of at least 4 members (excludes halogenated alkanes) is 11. The number of carbonyl (C=O) groups excluding carboxylic acids is 1. The number of hydrogen-bond donors (Lipinski definition) is 1. The molecule has 0 saturated heterocycles. The minimum absolute atomic E-state index is 0.0129. The SMILES string of the molecule is CCCCCCCCCCCCCCNC(=O)[C@@H]1CC=C(C)CC1OC. The van der Waals surface area contributed by atoms with E-state index in [9.17, 15) is 4.79 Å². The zero-order valence-corrected chi connectivity index (χ0v) is 17.7. The molecule has 0 spiro atoms. The van der Waals surface area contributed by atoms with Crippen molar-refractivity contribution in [2.75, 3.05) is 13.7 Å². The lowest BCUT2D eigenvalue weighted by Gasteiger charge is -2.28. The van der Waals surface area contributed by atoms with Crippen molar-refractivity contribution in [2.24, 2.45) is 5.92 Å². The first-order valence-corrected chi connectivity index (χ1v) is 11.1. The fraction of sp³-hybridized carbons (Fsp3) is 0.870. The van der Waals surface area contributed by atoms with Gasteiger partial charge in [-0.3, -0.25) is 4.79 Å². The number of carbonyl (C=O) groups is 1. The van der Waals surface area contributed by atoms with Crippen LogP contribution in [0.5, 0.6) is 0 Å². The summed E-state index contributed by atoms with van der Waals surface area (Å²) in [7, 11) is 1.72. The average Bonchev–Trinajstić information content (AvgIpc) is 2.65. The van der Waals surface area contributed by atoms with Crippen molar-refractivity contribution in [3.05, 3.63) is 11.6 Å². The van der Waals surface area contributed by atoms with Crippen LogP contribution in [0.25, 0.3) is 0 Å². The zero-order valence-electron chi connectivity index (χ0n) is 17.7. The van der Waals surface area contributed by atoms with E-state index >= 15 is 0 Å². The summed E-state index contributed by atoms with van der Waals surface area (Å²) in [5.74, 6) is 0.157. The Kier molecular flexibility index (Phi) is 13.6. The molecule has 2 atom stereocenters. The highest BCUT2D eigenvalue weighted by Crippen LogP contribution is 2.26. The van der Waals surface area contributed by atoms with E-state index < -0.39 is 0 Å². The van der Waals surface area contributed by atoms with E-state index in [1.54, 1.807) is 7.11 Å². The van der Waals surface area contributed by atoms with Gasteiger partial charge in [-0.1, -0.05) is 89.2 Å². The van der Waals surface area contributed by atoms with Crippen molar-refractivity contribution < 1.29 is 9.53 Å². The van der Waals surface area contributed by atoms with Crippen LogP contribution in [0.1, 0.15) is 104 Å². The van der Waals surface area contributed by atoms with Gasteiger partial charge in [0, 0.05) is 13.7 Å². The lowest BCUT2D eigenvalue weighted by Crippen LogP contribution is -2.40. The number of methoxy groups -OCH3 is 1. The Morgan fingerprint density at radius 3 is 2.08 bits per heavy atom. The minimum atomic E-state index is -0.0129. The molecule has 0 aromatic rings. The van der Waals surface area contributed by atoms with Gasteiger partial charge in [0.2, 0.25) is 5.91 Å². The van der Waals surface area contributed by atoms with Gasteiger partial charge in [0.25, 0.3) is 0 Å². The second-order valence-corrected chi connectivity index (χ2v) is 8.05. The Morgan fingerprint density at radius 2 is 1.54 bits per heavy atom. The van der Waals surface area contributed by atoms with Crippen LogP contribution in [0.4, 0.5) is 0 Å². The van der Waals surface area contributed by atoms with Crippen LogP contribution in [-0.4, -0.2) is 25.7 Å². The van der Waals surface area contributed by atoms with Gasteiger partial charge in [0.05, 0.1) is 12.0 Å². The first kappa shape index (κ1) is 23.2. The fourth-order valence-corrected chi connectivity index (χ4v) is 3.86. The number of allylic oxidation sites excluding steroid dienone is 1. The monoisotopic (exact) mass is 365 g/mol. The van der Waals surface area contributed by atoms with Crippen LogP contribution in [-0.2, 0) is 9.53 Å². The maximum Gasteiger partial charge on any atom is 0.226 e. The van der Waals surface area contributed by atoms with Crippen molar-refractivity contribution in [2.45, 2.75) is 110 Å². The van der Waals surface area contributed by atoms with E-state index in [1.807, 2.05) is 0 Å². The Bertz CT molecular complexity index is 392. The van der Waals surface area contributed by atoms with E-state index in [-0.39, 0.29) is 17.9 Å². The summed E-state index contributed by atoms with van der Waals surface area (Å²) in [4.78, 5) is 12.4. The van der Waals surface area contributed by atoms with Gasteiger partial charge in [-0.15, -0.1) is 0 Å². The molecule has 1 N–H and O–H groups in total. The molecule has 0 saturated carbocycles. The molecule has 0 radical (unpaired) electrons. The quantitative estimate of drug-likeness (QED) is 0.278. The Labute approximate surface area is 162 Å². The van der Waals surface area contributed by atoms with Crippen LogP contribution in [0, 0.1) is 5.92 Å². The van der Waals surface area contributed by atoms with E-state index in [0.29, 0.717) is 0 Å². The third-order valence-corrected chi connectivity index (χ3v) is 5.66. The van der Waals surface area contributed by atoms with Crippen LogP contribution >= 0.6 is 0 Å². The van der Waals surface area contributed by atoms with Gasteiger partial charge in [0.15, 0.2) is 0 Å². The third-order valence-electron chi connectivity index (χ3n) is 5.66. The third kappa shape index (κ3) is 10.4. The van der Waals surface area contributed by atoms with Crippen LogP contribution in [0.15, 0.2) is 11.6 Å². The van der Waals surface area contributed by atoms with Crippen molar-refractivity contribution >= 4 is 5.91 Å². The van der Waals surface area contributed by atoms with Gasteiger partial charge in [-0.05, 0) is 26.2 Å². The molecule has 0 aliphatic heterocycles. The Hall–Kier alpha value is -0.830. The van der Waals surface area contributed by atoms with E-state index in [2.05, 4.69) is 25.2 Å². The number of hydrogen-bond acceptors (Lipinski definition) is 2. The Morgan fingerprint density at radius 1 is 1.00 bits per heavy atom. The van der Waals surface area contributed by atoms with Gasteiger partial charge in [-0.25, -0.2) is 0 Å². The maximum atomic E-state index is 12.4. The molecular formula is C23H43NO2. The van der Waals surface area contributed by atoms with Gasteiger partial charge in [-0.2, -0.15) is 0 Å². The van der Waals surface area contributed by atoms with Crippen molar-refractivity contribution in [1.29, 1.82) is 0 Å². The summed E-state index contributed by atoms with van der Waals surface area (Å²) in [6, 6.07) is 0. The van der Waals surface area contributed by atoms with E-state index in [0.717, 1.165) is 25.8 Å². The molecule has 0 aromatic heterocycles. The molecule has 26 heavy (non-hydrogen) atoms. The summed E-state index contributed by atoms with van der Waals surface area (Å²) >= 11 is 0. The highest BCUT2D eigenvalue weighted by atomic mass is 16.5. The predicted octanol–water partition coefficient (Wildman–Crippen LogP) is 6.18. The fourth-order valence-electron chi connectivity index (χ4n) is 3.86. The largest absolute Gasteiger partial charge is 0.380 e. The number of nitrogens with one attached hydrogen (secondary N) is 1. The molecule has 1 aliphatic carbocycles. The van der Waals surface area contributed by atoms with E-state index in [1.165, 1.54) is 76.2 Å². The zero-order chi connectivity index (χ0) is 19.0. The molecule has 0 fully saturated rings. The first-order valence-electron chi connectivity index (χ1n) is 11.1. The van der Waals surface area contributed by atoms with E-state index in [4.69, 9.17) is 4.74 Å². The first-order chi connectivity index (χ1) is 12.7. The molecule has 0 heterocycles. The molecular weight excluding hydrogens is 322 g/mol. The summed E-state index contributed by atoms with van der Waals surface area (Å²) in [5, 5.41) is 3.12. The number of rotatable bonds is 15. The molecule has 152 valence electrons. The molecule has 3 heteroatoms. The molecule has 1 aliphatic rings. The van der Waals surface area contributed by atoms with Crippen LogP contribution in [0.2, 0.25) is 0 Å². The molecule has 0 aromatic carbocycles. The highest BCUT2D eigenvalue weighted by molar-refractivity contribution is 5.79. The summed E-state index contributed by atoms with van der Waals surface area (Å²) in [6.07, 6.45) is 20.1. The van der Waals surface area contributed by atoms with Gasteiger partial charge in [0.1, 0.15) is 0 Å². The molecule has 1 amide bonds. The van der Waals surface area contributed by atoms with Crippen molar-refractivity contribution in [3.63, 3.8) is 0 Å². The van der Waals surface area contributed by atoms with Gasteiger partial charge < -0.3 is 10.1 Å². The average molecular weight is 366 g/mol. The molecule has 1 unspecified atom stereocenters. The van der Waals surface area contributed by atoms with Gasteiger partial charge >= 0.3 is 0 Å². The summed E-state index contributed by atoms with van der Waals surface area (Å²) in [6.45, 7) is 5.20. The second-order valence-electron chi connectivity index (χ2n) is 8.05. The smallest absolute Gasteiger partial charge is 0.226 e. The van der Waals surface area contributed by atoms with Crippen LogP contribution < -0.4 is 5.32 Å². The molecule has 1 rings (SSSR count). The topological polar surface area (TPSA) is 38.3 Å². The second kappa shape index (κ2) is 15.2. The normalized spacial score (nSPS) is 20.0. The minimum Gasteiger partial charge on any atom is -0.380 e. The Balaban J connectivity index is 1.93. The molecule has 0 bridgehead atoms.